The number of halogens is 1. The first-order valence-corrected chi connectivity index (χ1v) is 8.76. The van der Waals surface area contributed by atoms with Crippen LogP contribution < -0.4 is 10.4 Å². The molecule has 1 aromatic heterocycles. The lowest BCUT2D eigenvalue weighted by Crippen LogP contribution is -2.19. The number of esters is 1. The minimum absolute atomic E-state index is 0.302. The molecule has 6 heteroatoms. The van der Waals surface area contributed by atoms with Crippen molar-refractivity contribution in [3.05, 3.63) is 74.6 Å². The highest BCUT2D eigenvalue weighted by molar-refractivity contribution is 6.31. The molecular formula is C21H19ClO5. The second-order valence-corrected chi connectivity index (χ2v) is 6.57. The van der Waals surface area contributed by atoms with Gasteiger partial charge in [-0.15, -0.1) is 0 Å². The quantitative estimate of drug-likeness (QED) is 0.484. The number of fused-ring (bicyclic) bond motifs is 1. The van der Waals surface area contributed by atoms with Gasteiger partial charge in [-0.05, 0) is 42.7 Å². The normalized spacial score (nSPS) is 12.0. The molecule has 3 rings (SSSR count). The van der Waals surface area contributed by atoms with Crippen molar-refractivity contribution in [3.8, 4) is 5.75 Å². The number of benzene rings is 2. The summed E-state index contributed by atoms with van der Waals surface area (Å²) in [4.78, 5) is 24.8. The number of aryl methyl sites for hydroxylation is 1. The third-order valence-corrected chi connectivity index (χ3v) is 4.97. The Morgan fingerprint density at radius 1 is 1.19 bits per heavy atom. The molecule has 0 unspecified atom stereocenters. The maximum atomic E-state index is 12.6. The topological polar surface area (TPSA) is 65.7 Å². The average Bonchev–Trinajstić information content (AvgIpc) is 2.67. The van der Waals surface area contributed by atoms with E-state index in [4.69, 9.17) is 25.5 Å². The Morgan fingerprint density at radius 3 is 2.59 bits per heavy atom. The van der Waals surface area contributed by atoms with E-state index in [0.717, 1.165) is 5.56 Å². The zero-order valence-corrected chi connectivity index (χ0v) is 16.0. The molecule has 0 aliphatic heterocycles. The molecule has 1 atom stereocenters. The summed E-state index contributed by atoms with van der Waals surface area (Å²) in [6.07, 6.45) is 0.302. The van der Waals surface area contributed by atoms with Gasteiger partial charge in [0.15, 0.2) is 0 Å². The number of hydrogen-bond acceptors (Lipinski definition) is 5. The van der Waals surface area contributed by atoms with Crippen molar-refractivity contribution in [1.29, 1.82) is 0 Å². The maximum absolute atomic E-state index is 12.6. The maximum Gasteiger partial charge on any atom is 0.336 e. The summed E-state index contributed by atoms with van der Waals surface area (Å²) in [7, 11) is 2.87. The fourth-order valence-electron chi connectivity index (χ4n) is 3.22. The molecular weight excluding hydrogens is 368 g/mol. The highest BCUT2D eigenvalue weighted by Crippen LogP contribution is 2.34. The summed E-state index contributed by atoms with van der Waals surface area (Å²) < 4.78 is 15.7. The monoisotopic (exact) mass is 386 g/mol. The van der Waals surface area contributed by atoms with E-state index in [1.165, 1.54) is 13.2 Å². The molecule has 5 nitrogen and oxygen atoms in total. The van der Waals surface area contributed by atoms with E-state index in [1.807, 2.05) is 18.2 Å². The van der Waals surface area contributed by atoms with Crippen molar-refractivity contribution in [2.75, 3.05) is 14.2 Å². The van der Waals surface area contributed by atoms with E-state index in [9.17, 15) is 9.59 Å². The molecule has 0 aliphatic rings. The first kappa shape index (κ1) is 19.0. The smallest absolute Gasteiger partial charge is 0.336 e. The summed E-state index contributed by atoms with van der Waals surface area (Å²) in [6, 6.07) is 12.2. The Kier molecular flexibility index (Phi) is 5.51. The van der Waals surface area contributed by atoms with Crippen LogP contribution in [0.5, 0.6) is 5.75 Å². The van der Waals surface area contributed by atoms with Gasteiger partial charge in [0.2, 0.25) is 0 Å². The van der Waals surface area contributed by atoms with E-state index in [0.29, 0.717) is 39.3 Å². The van der Waals surface area contributed by atoms with Crippen LogP contribution in [-0.4, -0.2) is 20.2 Å². The van der Waals surface area contributed by atoms with Gasteiger partial charge in [-0.25, -0.2) is 4.79 Å². The van der Waals surface area contributed by atoms with Crippen molar-refractivity contribution in [2.45, 2.75) is 19.3 Å². The molecule has 0 spiro atoms. The van der Waals surface area contributed by atoms with Gasteiger partial charge in [0.05, 0.1) is 20.1 Å². The summed E-state index contributed by atoms with van der Waals surface area (Å²) in [5.74, 6) is -0.548. The first-order valence-electron chi connectivity index (χ1n) is 8.38. The lowest BCUT2D eigenvalue weighted by atomic mass is 9.89. The van der Waals surface area contributed by atoms with Gasteiger partial charge in [0.1, 0.15) is 11.3 Å². The van der Waals surface area contributed by atoms with Gasteiger partial charge in [-0.2, -0.15) is 0 Å². The molecule has 0 saturated heterocycles. The van der Waals surface area contributed by atoms with Crippen LogP contribution in [0.15, 0.2) is 51.7 Å². The zero-order chi connectivity index (χ0) is 19.6. The number of methoxy groups -OCH3 is 2. The van der Waals surface area contributed by atoms with Crippen LogP contribution in [0.4, 0.5) is 0 Å². The number of carbonyl (C=O) groups is 1. The molecule has 0 N–H and O–H groups in total. The minimum Gasteiger partial charge on any atom is -0.496 e. The number of ether oxygens (including phenoxy) is 2. The van der Waals surface area contributed by atoms with Crippen LogP contribution in [0.3, 0.4) is 0 Å². The molecule has 0 fully saturated rings. The van der Waals surface area contributed by atoms with Gasteiger partial charge in [0.25, 0.3) is 0 Å². The Morgan fingerprint density at radius 2 is 1.93 bits per heavy atom. The predicted molar refractivity (Wildman–Crippen MR) is 104 cm³/mol. The summed E-state index contributed by atoms with van der Waals surface area (Å²) in [6.45, 7) is 1.80. The molecule has 1 heterocycles. The van der Waals surface area contributed by atoms with E-state index < -0.39 is 17.5 Å². The van der Waals surface area contributed by atoms with E-state index in [-0.39, 0.29) is 0 Å². The van der Waals surface area contributed by atoms with Crippen molar-refractivity contribution < 1.29 is 18.7 Å². The highest BCUT2D eigenvalue weighted by atomic mass is 35.5. The van der Waals surface area contributed by atoms with E-state index >= 15 is 0 Å². The molecule has 140 valence electrons. The van der Waals surface area contributed by atoms with Crippen LogP contribution in [0.1, 0.15) is 22.6 Å². The zero-order valence-electron chi connectivity index (χ0n) is 15.2. The fraction of sp³-hybridized carbons (Fsp3) is 0.238. The van der Waals surface area contributed by atoms with Gasteiger partial charge >= 0.3 is 11.6 Å². The second kappa shape index (κ2) is 7.84. The predicted octanol–water partition coefficient (Wildman–Crippen LogP) is 4.26. The van der Waals surface area contributed by atoms with Crippen molar-refractivity contribution in [3.63, 3.8) is 0 Å². The van der Waals surface area contributed by atoms with Gasteiger partial charge in [-0.3, -0.25) is 4.79 Å². The molecule has 27 heavy (non-hydrogen) atoms. The Hall–Kier alpha value is -2.79. The summed E-state index contributed by atoms with van der Waals surface area (Å²) in [5.41, 5.74) is 1.88. The SMILES string of the molecule is COC(=O)[C@H](Cc1ccccc1Cl)c1cc(=O)oc2c(C)c(OC)ccc12. The molecule has 0 saturated carbocycles. The third-order valence-electron chi connectivity index (χ3n) is 4.61. The molecule has 3 aromatic rings. The summed E-state index contributed by atoms with van der Waals surface area (Å²) in [5, 5.41) is 1.21. The van der Waals surface area contributed by atoms with E-state index in [1.54, 1.807) is 32.2 Å². The Bertz CT molecular complexity index is 1050. The molecule has 0 bridgehead atoms. The van der Waals surface area contributed by atoms with Gasteiger partial charge in [0, 0.05) is 22.0 Å². The van der Waals surface area contributed by atoms with Crippen molar-refractivity contribution in [1.82, 2.24) is 0 Å². The van der Waals surface area contributed by atoms with Crippen LogP contribution in [-0.2, 0) is 16.0 Å². The van der Waals surface area contributed by atoms with Crippen LogP contribution >= 0.6 is 11.6 Å². The van der Waals surface area contributed by atoms with Gasteiger partial charge < -0.3 is 13.9 Å². The first-order chi connectivity index (χ1) is 13.0. The van der Waals surface area contributed by atoms with Crippen molar-refractivity contribution in [2.24, 2.45) is 0 Å². The third kappa shape index (κ3) is 3.69. The average molecular weight is 387 g/mol. The fourth-order valence-corrected chi connectivity index (χ4v) is 3.44. The lowest BCUT2D eigenvalue weighted by molar-refractivity contribution is -0.142. The van der Waals surface area contributed by atoms with Gasteiger partial charge in [-0.1, -0.05) is 29.8 Å². The minimum atomic E-state index is -0.700. The van der Waals surface area contributed by atoms with Crippen LogP contribution in [0.2, 0.25) is 5.02 Å². The largest absolute Gasteiger partial charge is 0.496 e. The molecule has 0 radical (unpaired) electrons. The lowest BCUT2D eigenvalue weighted by Gasteiger charge is -2.18. The number of rotatable bonds is 5. The van der Waals surface area contributed by atoms with Crippen molar-refractivity contribution >= 4 is 28.5 Å². The summed E-state index contributed by atoms with van der Waals surface area (Å²) >= 11 is 6.27. The second-order valence-electron chi connectivity index (χ2n) is 6.16. The Labute approximate surface area is 161 Å². The highest BCUT2D eigenvalue weighted by Gasteiger charge is 2.26. The standard InChI is InChI=1S/C21H19ClO5/c1-12-18(25-2)9-8-14-15(11-19(23)27-20(12)14)16(21(24)26-3)10-13-6-4-5-7-17(13)22/h4-9,11,16H,10H2,1-3H3/t16-/m1/s1. The number of carbonyl (C=O) groups excluding carboxylic acids is 1. The molecule has 0 amide bonds. The molecule has 2 aromatic carbocycles. The van der Waals surface area contributed by atoms with E-state index in [2.05, 4.69) is 0 Å². The van der Waals surface area contributed by atoms with Crippen LogP contribution in [0.25, 0.3) is 11.0 Å². The number of hydrogen-bond donors (Lipinski definition) is 0. The molecule has 0 aliphatic carbocycles. The Balaban J connectivity index is 2.22. The van der Waals surface area contributed by atoms with Crippen LogP contribution in [0, 0.1) is 6.92 Å².